The Labute approximate surface area is 88.2 Å². The summed E-state index contributed by atoms with van der Waals surface area (Å²) in [4.78, 5) is 3.80. The summed E-state index contributed by atoms with van der Waals surface area (Å²) in [7, 11) is -5.23. The second kappa shape index (κ2) is 4.45. The zero-order valence-electron chi connectivity index (χ0n) is 7.28. The minimum atomic E-state index is -5.25. The van der Waals surface area contributed by atoms with Crippen molar-refractivity contribution in [3.63, 3.8) is 0 Å². The zero-order chi connectivity index (χ0) is 11.5. The highest BCUT2D eigenvalue weighted by Crippen LogP contribution is 2.21. The highest BCUT2D eigenvalue weighted by Gasteiger charge is 2.45. The van der Waals surface area contributed by atoms with Crippen LogP contribution in [0.5, 0.6) is 0 Å². The van der Waals surface area contributed by atoms with Crippen molar-refractivity contribution < 1.29 is 21.6 Å². The van der Waals surface area contributed by atoms with Gasteiger partial charge in [-0.3, -0.25) is 0 Å². The predicted octanol–water partition coefficient (Wildman–Crippen LogP) is 1.12. The highest BCUT2D eigenvalue weighted by atomic mass is 32.2. The second-order valence-corrected chi connectivity index (χ2v) is 5.05. The van der Waals surface area contributed by atoms with Gasteiger partial charge in [0.2, 0.25) is 0 Å². The summed E-state index contributed by atoms with van der Waals surface area (Å²) in [5, 5.41) is 1.64. The molecule has 0 aromatic carbocycles. The monoisotopic (exact) mass is 260 g/mol. The molecule has 4 nitrogen and oxygen atoms in total. The summed E-state index contributed by atoms with van der Waals surface area (Å²) in [6.07, 6.45) is 0.138. The van der Waals surface area contributed by atoms with Crippen LogP contribution in [-0.4, -0.2) is 25.5 Å². The molecule has 0 saturated carbocycles. The number of nitrogens with one attached hydrogen (secondary N) is 1. The third kappa shape index (κ3) is 3.43. The summed E-state index contributed by atoms with van der Waals surface area (Å²) >= 11 is 1.29. The van der Waals surface area contributed by atoms with E-state index in [-0.39, 0.29) is 13.0 Å². The van der Waals surface area contributed by atoms with Gasteiger partial charge in [-0.15, -0.1) is 11.3 Å². The Bertz CT molecular complexity index is 399. The third-order valence-electron chi connectivity index (χ3n) is 1.46. The van der Waals surface area contributed by atoms with Gasteiger partial charge in [0.25, 0.3) is 0 Å². The lowest BCUT2D eigenvalue weighted by Gasteiger charge is -2.08. The van der Waals surface area contributed by atoms with Gasteiger partial charge in [-0.05, 0) is 0 Å². The van der Waals surface area contributed by atoms with Crippen molar-refractivity contribution in [1.82, 2.24) is 9.71 Å². The summed E-state index contributed by atoms with van der Waals surface area (Å²) in [6.45, 7) is -0.314. The van der Waals surface area contributed by atoms with Crippen molar-refractivity contribution in [3.8, 4) is 0 Å². The number of hydrogen-bond donors (Lipinski definition) is 1. The van der Waals surface area contributed by atoms with E-state index < -0.39 is 15.5 Å². The molecule has 0 aliphatic rings. The molecular weight excluding hydrogens is 253 g/mol. The van der Waals surface area contributed by atoms with E-state index >= 15 is 0 Å². The molecule has 15 heavy (non-hydrogen) atoms. The van der Waals surface area contributed by atoms with Gasteiger partial charge in [0.15, 0.2) is 0 Å². The molecule has 1 aromatic heterocycles. The number of sulfonamides is 1. The Hall–Kier alpha value is -0.670. The average Bonchev–Trinajstić information content (AvgIpc) is 2.54. The first-order valence-corrected chi connectivity index (χ1v) is 6.18. The van der Waals surface area contributed by atoms with Gasteiger partial charge >= 0.3 is 15.5 Å². The molecule has 9 heteroatoms. The van der Waals surface area contributed by atoms with E-state index in [1.807, 2.05) is 0 Å². The molecule has 0 amide bonds. The van der Waals surface area contributed by atoms with Crippen LogP contribution in [0.4, 0.5) is 13.2 Å². The SMILES string of the molecule is O=S(=O)(NCCc1cscn1)C(F)(F)F. The molecule has 1 aromatic rings. The Kier molecular flexibility index (Phi) is 3.68. The molecular formula is C6H7F3N2O2S2. The smallest absolute Gasteiger partial charge is 0.250 e. The van der Waals surface area contributed by atoms with Crippen molar-refractivity contribution in [3.05, 3.63) is 16.6 Å². The largest absolute Gasteiger partial charge is 0.511 e. The molecule has 1 rings (SSSR count). The van der Waals surface area contributed by atoms with Gasteiger partial charge in [-0.25, -0.2) is 18.1 Å². The Morgan fingerprint density at radius 1 is 1.47 bits per heavy atom. The minimum absolute atomic E-state index is 0.138. The molecule has 0 spiro atoms. The Balaban J connectivity index is 2.45. The van der Waals surface area contributed by atoms with E-state index in [2.05, 4.69) is 4.98 Å². The van der Waals surface area contributed by atoms with Crippen LogP contribution in [0, 0.1) is 0 Å². The summed E-state index contributed by atoms with van der Waals surface area (Å²) in [5.41, 5.74) is -3.17. The van der Waals surface area contributed by atoms with Crippen LogP contribution in [0.15, 0.2) is 10.9 Å². The van der Waals surface area contributed by atoms with Crippen molar-refractivity contribution >= 4 is 21.4 Å². The summed E-state index contributed by atoms with van der Waals surface area (Å²) in [6, 6.07) is 0. The molecule has 0 saturated heterocycles. The number of nitrogens with zero attached hydrogens (tertiary/aromatic N) is 1. The Morgan fingerprint density at radius 2 is 2.13 bits per heavy atom. The lowest BCUT2D eigenvalue weighted by molar-refractivity contribution is -0.0447. The van der Waals surface area contributed by atoms with Gasteiger partial charge in [0.05, 0.1) is 11.2 Å². The van der Waals surface area contributed by atoms with E-state index in [9.17, 15) is 21.6 Å². The first-order chi connectivity index (χ1) is 6.83. The summed E-state index contributed by atoms with van der Waals surface area (Å²) in [5.74, 6) is 0. The number of thiazole rings is 1. The summed E-state index contributed by atoms with van der Waals surface area (Å²) < 4.78 is 58.0. The van der Waals surface area contributed by atoms with Crippen LogP contribution in [0.25, 0.3) is 0 Å². The first kappa shape index (κ1) is 12.4. The maximum Gasteiger partial charge on any atom is 0.511 e. The number of rotatable bonds is 4. The minimum Gasteiger partial charge on any atom is -0.250 e. The number of aromatic nitrogens is 1. The van der Waals surface area contributed by atoms with E-state index in [0.29, 0.717) is 5.69 Å². The number of alkyl halides is 3. The molecule has 0 unspecified atom stereocenters. The van der Waals surface area contributed by atoms with Crippen LogP contribution in [-0.2, 0) is 16.4 Å². The maximum atomic E-state index is 11.8. The van der Waals surface area contributed by atoms with Crippen molar-refractivity contribution in [1.29, 1.82) is 0 Å². The van der Waals surface area contributed by atoms with Crippen LogP contribution >= 0.6 is 11.3 Å². The standard InChI is InChI=1S/C6H7F3N2O2S2/c7-6(8,9)15(12,13)11-2-1-5-3-14-4-10-5/h3-4,11H,1-2H2. The molecule has 0 aliphatic carbocycles. The number of hydrogen-bond acceptors (Lipinski definition) is 4. The lowest BCUT2D eigenvalue weighted by atomic mass is 10.3. The highest BCUT2D eigenvalue weighted by molar-refractivity contribution is 7.90. The van der Waals surface area contributed by atoms with E-state index in [1.54, 1.807) is 5.38 Å². The molecule has 1 heterocycles. The van der Waals surface area contributed by atoms with Gasteiger partial charge in [-0.1, -0.05) is 0 Å². The average molecular weight is 260 g/mol. The van der Waals surface area contributed by atoms with Gasteiger partial charge in [-0.2, -0.15) is 13.2 Å². The molecule has 0 fully saturated rings. The fourth-order valence-corrected chi connectivity index (χ4v) is 1.88. The normalized spacial score (nSPS) is 13.0. The van der Waals surface area contributed by atoms with Crippen molar-refractivity contribution in [2.45, 2.75) is 11.9 Å². The van der Waals surface area contributed by atoms with Gasteiger partial charge < -0.3 is 0 Å². The molecule has 0 aliphatic heterocycles. The molecule has 86 valence electrons. The van der Waals surface area contributed by atoms with Crippen LogP contribution in [0.1, 0.15) is 5.69 Å². The van der Waals surface area contributed by atoms with Crippen LogP contribution in [0.2, 0.25) is 0 Å². The van der Waals surface area contributed by atoms with Gasteiger partial charge in [0.1, 0.15) is 0 Å². The second-order valence-electron chi connectivity index (χ2n) is 2.57. The Morgan fingerprint density at radius 3 is 2.60 bits per heavy atom. The molecule has 1 N–H and O–H groups in total. The lowest BCUT2D eigenvalue weighted by Crippen LogP contribution is -2.37. The molecule has 0 atom stereocenters. The fourth-order valence-electron chi connectivity index (χ4n) is 0.756. The van der Waals surface area contributed by atoms with E-state index in [1.165, 1.54) is 21.6 Å². The zero-order valence-corrected chi connectivity index (χ0v) is 8.92. The third-order valence-corrected chi connectivity index (χ3v) is 3.29. The quantitative estimate of drug-likeness (QED) is 0.882. The van der Waals surface area contributed by atoms with E-state index in [0.717, 1.165) is 0 Å². The van der Waals surface area contributed by atoms with Crippen LogP contribution < -0.4 is 4.72 Å². The predicted molar refractivity (Wildman–Crippen MR) is 48.8 cm³/mol. The van der Waals surface area contributed by atoms with Crippen molar-refractivity contribution in [2.75, 3.05) is 6.54 Å². The van der Waals surface area contributed by atoms with Crippen LogP contribution in [0.3, 0.4) is 0 Å². The molecule has 0 bridgehead atoms. The van der Waals surface area contributed by atoms with Gasteiger partial charge in [0, 0.05) is 18.3 Å². The maximum absolute atomic E-state index is 11.8. The van der Waals surface area contributed by atoms with Crippen molar-refractivity contribution in [2.24, 2.45) is 0 Å². The van der Waals surface area contributed by atoms with E-state index in [4.69, 9.17) is 0 Å². The fraction of sp³-hybridized carbons (Fsp3) is 0.500. The topological polar surface area (TPSA) is 59.1 Å². The molecule has 0 radical (unpaired) electrons. The number of halogens is 3. The first-order valence-electron chi connectivity index (χ1n) is 3.76.